The summed E-state index contributed by atoms with van der Waals surface area (Å²) < 4.78 is 11.2. The summed E-state index contributed by atoms with van der Waals surface area (Å²) >= 11 is 0. The molecule has 0 saturated heterocycles. The number of hydrogen-bond donors (Lipinski definition) is 1. The van der Waals surface area contributed by atoms with Gasteiger partial charge in [0.05, 0.1) is 5.56 Å². The molecule has 2 aromatic rings. The first kappa shape index (κ1) is 16.4. The zero-order valence-corrected chi connectivity index (χ0v) is 14.2. The van der Waals surface area contributed by atoms with Crippen molar-refractivity contribution in [1.82, 2.24) is 20.5 Å². The van der Waals surface area contributed by atoms with Crippen molar-refractivity contribution >= 4 is 6.09 Å². The lowest BCUT2D eigenvalue weighted by atomic mass is 9.98. The summed E-state index contributed by atoms with van der Waals surface area (Å²) in [5.74, 6) is 0.820. The topological polar surface area (TPSA) is 90.1 Å². The highest BCUT2D eigenvalue weighted by Gasteiger charge is 2.43. The number of carbonyl (C=O) groups is 1. The van der Waals surface area contributed by atoms with Gasteiger partial charge in [-0.1, -0.05) is 12.8 Å². The summed E-state index contributed by atoms with van der Waals surface area (Å²) in [6.45, 7) is 5.50. The molecule has 1 amide bonds. The molecule has 1 aliphatic rings. The minimum Gasteiger partial charge on any atom is -0.444 e. The highest BCUT2D eigenvalue weighted by molar-refractivity contribution is 5.69. The monoisotopic (exact) mass is 330 g/mol. The van der Waals surface area contributed by atoms with Crippen LogP contribution in [0.3, 0.4) is 0 Å². The minimum atomic E-state index is -0.657. The molecule has 0 atom stereocenters. The number of rotatable bonds is 3. The van der Waals surface area contributed by atoms with Crippen molar-refractivity contribution in [3.63, 3.8) is 0 Å². The fourth-order valence-corrected chi connectivity index (χ4v) is 2.89. The maximum Gasteiger partial charge on any atom is 0.408 e. The Morgan fingerprint density at radius 2 is 2.04 bits per heavy atom. The molecule has 0 bridgehead atoms. The van der Waals surface area contributed by atoms with Crippen LogP contribution in [0.2, 0.25) is 0 Å². The summed E-state index contributed by atoms with van der Waals surface area (Å²) in [5, 5.41) is 11.2. The lowest BCUT2D eigenvalue weighted by Gasteiger charge is -2.28. The molecular weight excluding hydrogens is 308 g/mol. The summed E-state index contributed by atoms with van der Waals surface area (Å²) in [4.78, 5) is 16.3. The van der Waals surface area contributed by atoms with Crippen LogP contribution in [0.5, 0.6) is 0 Å². The standard InChI is InChI=1S/C17H22N4O3/c1-16(2,3)24-15(22)19-17(8-4-5-9-17)14-21-20-13(23-14)12-7-6-10-18-11-12/h6-7,10-11H,4-5,8-9H2,1-3H3,(H,19,22). The van der Waals surface area contributed by atoms with Crippen LogP contribution < -0.4 is 5.32 Å². The van der Waals surface area contributed by atoms with Crippen LogP contribution in [0.1, 0.15) is 52.3 Å². The van der Waals surface area contributed by atoms with Crippen LogP contribution in [-0.2, 0) is 10.3 Å². The van der Waals surface area contributed by atoms with E-state index >= 15 is 0 Å². The molecule has 0 spiro atoms. The van der Waals surface area contributed by atoms with E-state index in [0.717, 1.165) is 31.2 Å². The number of pyridine rings is 1. The van der Waals surface area contributed by atoms with E-state index in [-0.39, 0.29) is 0 Å². The van der Waals surface area contributed by atoms with Gasteiger partial charge in [-0.05, 0) is 45.7 Å². The van der Waals surface area contributed by atoms with Crippen molar-refractivity contribution in [3.05, 3.63) is 30.4 Å². The van der Waals surface area contributed by atoms with Crippen LogP contribution in [-0.4, -0.2) is 26.9 Å². The van der Waals surface area contributed by atoms with Crippen molar-refractivity contribution in [2.45, 2.75) is 57.6 Å². The SMILES string of the molecule is CC(C)(C)OC(=O)NC1(c2nnc(-c3cccnc3)o2)CCCC1. The molecule has 2 heterocycles. The van der Waals surface area contributed by atoms with Gasteiger partial charge >= 0.3 is 6.09 Å². The van der Waals surface area contributed by atoms with Gasteiger partial charge in [0.25, 0.3) is 0 Å². The number of hydrogen-bond acceptors (Lipinski definition) is 6. The van der Waals surface area contributed by atoms with Gasteiger partial charge in [0.2, 0.25) is 11.8 Å². The van der Waals surface area contributed by atoms with E-state index in [2.05, 4.69) is 20.5 Å². The Morgan fingerprint density at radius 3 is 2.67 bits per heavy atom. The van der Waals surface area contributed by atoms with Gasteiger partial charge < -0.3 is 14.5 Å². The van der Waals surface area contributed by atoms with Crippen molar-refractivity contribution < 1.29 is 13.9 Å². The average molecular weight is 330 g/mol. The van der Waals surface area contributed by atoms with E-state index in [1.807, 2.05) is 32.9 Å². The third-order valence-electron chi connectivity index (χ3n) is 3.94. The number of amides is 1. The Balaban J connectivity index is 1.83. The van der Waals surface area contributed by atoms with Crippen LogP contribution in [0.25, 0.3) is 11.5 Å². The van der Waals surface area contributed by atoms with Crippen LogP contribution in [0.15, 0.2) is 28.9 Å². The summed E-state index contributed by atoms with van der Waals surface area (Å²) in [6.07, 6.45) is 6.36. The normalized spacial score (nSPS) is 16.8. The van der Waals surface area contributed by atoms with Gasteiger partial charge in [0.15, 0.2) is 0 Å². The molecule has 7 heteroatoms. The second-order valence-corrected chi connectivity index (χ2v) is 7.07. The number of alkyl carbamates (subject to hydrolysis) is 1. The van der Waals surface area contributed by atoms with Gasteiger partial charge in [-0.25, -0.2) is 4.79 Å². The quantitative estimate of drug-likeness (QED) is 0.927. The molecule has 24 heavy (non-hydrogen) atoms. The fraction of sp³-hybridized carbons (Fsp3) is 0.529. The molecule has 2 aromatic heterocycles. The van der Waals surface area contributed by atoms with E-state index in [9.17, 15) is 4.79 Å². The number of carbonyl (C=O) groups excluding carboxylic acids is 1. The smallest absolute Gasteiger partial charge is 0.408 e. The van der Waals surface area contributed by atoms with E-state index in [1.54, 1.807) is 12.4 Å². The molecule has 3 rings (SSSR count). The maximum atomic E-state index is 12.2. The zero-order valence-electron chi connectivity index (χ0n) is 14.2. The van der Waals surface area contributed by atoms with E-state index in [1.165, 1.54) is 0 Å². The molecule has 1 fully saturated rings. The van der Waals surface area contributed by atoms with E-state index in [0.29, 0.717) is 11.8 Å². The first-order valence-electron chi connectivity index (χ1n) is 8.14. The lowest BCUT2D eigenvalue weighted by molar-refractivity contribution is 0.0434. The van der Waals surface area contributed by atoms with E-state index in [4.69, 9.17) is 9.15 Å². The Hall–Kier alpha value is -2.44. The molecule has 0 aliphatic heterocycles. The Labute approximate surface area is 140 Å². The molecule has 0 radical (unpaired) electrons. The van der Waals surface area contributed by atoms with Gasteiger partial charge in [-0.3, -0.25) is 4.98 Å². The van der Waals surface area contributed by atoms with Crippen LogP contribution >= 0.6 is 0 Å². The third-order valence-corrected chi connectivity index (χ3v) is 3.94. The fourth-order valence-electron chi connectivity index (χ4n) is 2.89. The van der Waals surface area contributed by atoms with Crippen molar-refractivity contribution in [1.29, 1.82) is 0 Å². The second kappa shape index (κ2) is 6.22. The van der Waals surface area contributed by atoms with Gasteiger partial charge in [0, 0.05) is 12.4 Å². The Kier molecular flexibility index (Phi) is 4.26. The molecule has 1 aliphatic carbocycles. The first-order chi connectivity index (χ1) is 11.4. The molecule has 0 unspecified atom stereocenters. The highest BCUT2D eigenvalue weighted by Crippen LogP contribution is 2.39. The van der Waals surface area contributed by atoms with Gasteiger partial charge in [-0.2, -0.15) is 0 Å². The number of ether oxygens (including phenoxy) is 1. The van der Waals surface area contributed by atoms with Crippen LogP contribution in [0, 0.1) is 0 Å². The Bertz CT molecular complexity index is 700. The van der Waals surface area contributed by atoms with Crippen LogP contribution in [0.4, 0.5) is 4.79 Å². The molecule has 0 aromatic carbocycles. The average Bonchev–Trinajstić information content (AvgIpc) is 3.15. The number of nitrogens with zero attached hydrogens (tertiary/aromatic N) is 3. The first-order valence-corrected chi connectivity index (χ1v) is 8.14. The van der Waals surface area contributed by atoms with Crippen molar-refractivity contribution in [3.8, 4) is 11.5 Å². The summed E-state index contributed by atoms with van der Waals surface area (Å²) in [6, 6.07) is 3.66. The molecule has 1 N–H and O–H groups in total. The number of aromatic nitrogens is 3. The minimum absolute atomic E-state index is 0.398. The lowest BCUT2D eigenvalue weighted by Crippen LogP contribution is -2.46. The molecule has 1 saturated carbocycles. The van der Waals surface area contributed by atoms with Gasteiger partial charge in [-0.15, -0.1) is 10.2 Å². The highest BCUT2D eigenvalue weighted by atomic mass is 16.6. The van der Waals surface area contributed by atoms with Crippen molar-refractivity contribution in [2.24, 2.45) is 0 Å². The molecule has 7 nitrogen and oxygen atoms in total. The molecular formula is C17H22N4O3. The largest absolute Gasteiger partial charge is 0.444 e. The van der Waals surface area contributed by atoms with E-state index < -0.39 is 17.2 Å². The summed E-state index contributed by atoms with van der Waals surface area (Å²) in [5.41, 5.74) is -0.461. The number of nitrogens with one attached hydrogen (secondary N) is 1. The second-order valence-electron chi connectivity index (χ2n) is 7.07. The van der Waals surface area contributed by atoms with Crippen molar-refractivity contribution in [2.75, 3.05) is 0 Å². The Morgan fingerprint density at radius 1 is 1.29 bits per heavy atom. The predicted molar refractivity (Wildman–Crippen MR) is 87.0 cm³/mol. The maximum absolute atomic E-state index is 12.2. The van der Waals surface area contributed by atoms with Gasteiger partial charge in [0.1, 0.15) is 11.1 Å². The zero-order chi connectivity index (χ0) is 17.2. The predicted octanol–water partition coefficient (Wildman–Crippen LogP) is 3.43. The molecule has 128 valence electrons. The third kappa shape index (κ3) is 3.55. The summed E-state index contributed by atoms with van der Waals surface area (Å²) in [7, 11) is 0.